The van der Waals surface area contributed by atoms with E-state index in [1.165, 1.54) is 0 Å². The molecule has 0 bridgehead atoms. The summed E-state index contributed by atoms with van der Waals surface area (Å²) in [5.41, 5.74) is 12.5. The Bertz CT molecular complexity index is 999. The van der Waals surface area contributed by atoms with Crippen LogP contribution in [0.15, 0.2) is 36.5 Å². The molecule has 0 heterocycles. The van der Waals surface area contributed by atoms with Gasteiger partial charge in [0.2, 0.25) is 0 Å². The molecule has 33 heavy (non-hydrogen) atoms. The number of aliphatic hydroxyl groups excluding tert-OH is 1. The fourth-order valence-corrected chi connectivity index (χ4v) is 4.44. The van der Waals surface area contributed by atoms with Crippen molar-refractivity contribution in [3.8, 4) is 5.75 Å². The van der Waals surface area contributed by atoms with Gasteiger partial charge in [-0.25, -0.2) is 0 Å². The largest absolute Gasteiger partial charge is 0.493 e. The first kappa shape index (κ1) is 24.6. The molecule has 2 aromatic rings. The predicted octanol–water partition coefficient (Wildman–Crippen LogP) is 3.80. The van der Waals surface area contributed by atoms with E-state index in [0.717, 1.165) is 53.5 Å². The van der Waals surface area contributed by atoms with Crippen LogP contribution in [-0.2, 0) is 6.42 Å². The third-order valence-electron chi connectivity index (χ3n) is 6.51. The van der Waals surface area contributed by atoms with Crippen molar-refractivity contribution < 1.29 is 14.6 Å². The lowest BCUT2D eigenvalue weighted by Gasteiger charge is -2.29. The molecule has 5 N–H and O–H groups in total. The molecule has 3 rings (SSSR count). The molecular formula is C27H37N3O3. The van der Waals surface area contributed by atoms with E-state index in [2.05, 4.69) is 29.7 Å². The van der Waals surface area contributed by atoms with Gasteiger partial charge in [0.15, 0.2) is 0 Å². The highest BCUT2D eigenvalue weighted by molar-refractivity contribution is 5.98. The molecule has 1 aliphatic rings. The molecule has 0 aliphatic heterocycles. The van der Waals surface area contributed by atoms with Gasteiger partial charge in [-0.15, -0.1) is 0 Å². The first-order chi connectivity index (χ1) is 15.8. The number of nitrogens with one attached hydrogen (secondary N) is 2. The third kappa shape index (κ3) is 5.88. The second kappa shape index (κ2) is 11.2. The summed E-state index contributed by atoms with van der Waals surface area (Å²) in [5.74, 6) is 0.441. The topological polar surface area (TPSA) is 96.6 Å². The minimum Gasteiger partial charge on any atom is -0.493 e. The van der Waals surface area contributed by atoms with E-state index >= 15 is 0 Å². The molecule has 2 aromatic carbocycles. The van der Waals surface area contributed by atoms with E-state index in [4.69, 9.17) is 10.5 Å². The fraction of sp³-hybridized carbons (Fsp3) is 0.444. The smallest absolute Gasteiger partial charge is 0.255 e. The minimum atomic E-state index is -0.493. The summed E-state index contributed by atoms with van der Waals surface area (Å²) in [7, 11) is 1.82. The molecule has 6 nitrogen and oxygen atoms in total. The summed E-state index contributed by atoms with van der Waals surface area (Å²) in [6.07, 6.45) is 5.51. The maximum atomic E-state index is 13.3. The lowest BCUT2D eigenvalue weighted by Crippen LogP contribution is -2.45. The van der Waals surface area contributed by atoms with Gasteiger partial charge in [-0.3, -0.25) is 4.79 Å². The van der Waals surface area contributed by atoms with Gasteiger partial charge in [0, 0.05) is 13.2 Å². The van der Waals surface area contributed by atoms with Crippen molar-refractivity contribution in [2.24, 2.45) is 5.73 Å². The number of benzene rings is 2. The number of amides is 1. The maximum Gasteiger partial charge on any atom is 0.255 e. The van der Waals surface area contributed by atoms with E-state index < -0.39 is 6.10 Å². The number of hydrogen-bond donors (Lipinski definition) is 4. The molecule has 0 saturated heterocycles. The highest BCUT2D eigenvalue weighted by atomic mass is 16.5. The molecule has 2 atom stereocenters. The highest BCUT2D eigenvalue weighted by Crippen LogP contribution is 2.31. The Morgan fingerprint density at radius 2 is 1.88 bits per heavy atom. The van der Waals surface area contributed by atoms with Crippen molar-refractivity contribution in [1.82, 2.24) is 10.6 Å². The Kier molecular flexibility index (Phi) is 8.39. The van der Waals surface area contributed by atoms with Gasteiger partial charge in [0.05, 0.1) is 30.0 Å². The monoisotopic (exact) mass is 451 g/mol. The highest BCUT2D eigenvalue weighted by Gasteiger charge is 2.27. The standard InChI is InChI=1S/C27H37N3O3/c1-5-33-26-18(3)17(2)21(14-19-10-12-20(13-11-19)23(28)16-29-4)15-22(26)27(32)30-24-8-6-7-9-25(24)31/h10-13,15-16,24-25,29,31H,5-9,14,28H2,1-4H3,(H,30,32)/b23-16-/t24-,25?/m0/s1. The molecule has 178 valence electrons. The average Bonchev–Trinajstić information content (AvgIpc) is 2.81. The summed E-state index contributed by atoms with van der Waals surface area (Å²) in [5, 5.41) is 16.3. The quantitative estimate of drug-likeness (QED) is 0.490. The zero-order chi connectivity index (χ0) is 24.0. The Hall–Kier alpha value is -2.99. The van der Waals surface area contributed by atoms with Gasteiger partial charge in [0.25, 0.3) is 5.91 Å². The van der Waals surface area contributed by atoms with Gasteiger partial charge in [-0.1, -0.05) is 37.1 Å². The first-order valence-corrected chi connectivity index (χ1v) is 11.8. The maximum absolute atomic E-state index is 13.3. The van der Waals surface area contributed by atoms with Crippen LogP contribution in [0.5, 0.6) is 5.75 Å². The first-order valence-electron chi connectivity index (χ1n) is 11.8. The second-order valence-electron chi connectivity index (χ2n) is 8.79. The second-order valence-corrected chi connectivity index (χ2v) is 8.79. The van der Waals surface area contributed by atoms with E-state index in [1.54, 1.807) is 6.20 Å². The van der Waals surface area contributed by atoms with E-state index in [-0.39, 0.29) is 11.9 Å². The third-order valence-corrected chi connectivity index (χ3v) is 6.51. The molecule has 0 spiro atoms. The van der Waals surface area contributed by atoms with Crippen LogP contribution in [0, 0.1) is 13.8 Å². The molecule has 6 heteroatoms. The van der Waals surface area contributed by atoms with Crippen LogP contribution < -0.4 is 21.1 Å². The molecule has 1 saturated carbocycles. The van der Waals surface area contributed by atoms with Crippen LogP contribution in [0.25, 0.3) is 5.70 Å². The number of aliphatic hydroxyl groups is 1. The van der Waals surface area contributed by atoms with Gasteiger partial charge < -0.3 is 26.2 Å². The number of rotatable bonds is 8. The van der Waals surface area contributed by atoms with Gasteiger partial charge in [-0.2, -0.15) is 0 Å². The van der Waals surface area contributed by atoms with Crippen molar-refractivity contribution in [2.45, 2.75) is 65.0 Å². The Balaban J connectivity index is 1.90. The zero-order valence-corrected chi connectivity index (χ0v) is 20.2. The Morgan fingerprint density at radius 1 is 1.18 bits per heavy atom. The van der Waals surface area contributed by atoms with E-state index in [1.807, 2.05) is 39.1 Å². The van der Waals surface area contributed by atoms with Crippen molar-refractivity contribution in [3.63, 3.8) is 0 Å². The molecule has 1 aliphatic carbocycles. The summed E-state index contributed by atoms with van der Waals surface area (Å²) in [6.45, 7) is 6.48. The Labute approximate surface area is 197 Å². The van der Waals surface area contributed by atoms with E-state index in [0.29, 0.717) is 30.0 Å². The van der Waals surface area contributed by atoms with Gasteiger partial charge in [0.1, 0.15) is 5.75 Å². The molecule has 1 fully saturated rings. The average molecular weight is 452 g/mol. The van der Waals surface area contributed by atoms with Crippen molar-refractivity contribution in [3.05, 3.63) is 69.9 Å². The normalized spacial score (nSPS) is 18.6. The summed E-state index contributed by atoms with van der Waals surface area (Å²) >= 11 is 0. The fourth-order valence-electron chi connectivity index (χ4n) is 4.44. The van der Waals surface area contributed by atoms with E-state index in [9.17, 15) is 9.90 Å². The minimum absolute atomic E-state index is 0.186. The molecular weight excluding hydrogens is 414 g/mol. The predicted molar refractivity (Wildman–Crippen MR) is 133 cm³/mol. The number of nitrogens with two attached hydrogens (primary N) is 1. The van der Waals surface area contributed by atoms with Gasteiger partial charge >= 0.3 is 0 Å². The van der Waals surface area contributed by atoms with Crippen LogP contribution in [0.4, 0.5) is 0 Å². The molecule has 0 aromatic heterocycles. The summed E-state index contributed by atoms with van der Waals surface area (Å²) in [4.78, 5) is 13.3. The van der Waals surface area contributed by atoms with Crippen molar-refractivity contribution in [2.75, 3.05) is 13.7 Å². The number of ether oxygens (including phenoxy) is 1. The van der Waals surface area contributed by atoms with Crippen LogP contribution in [0.3, 0.4) is 0 Å². The lowest BCUT2D eigenvalue weighted by atomic mass is 9.91. The number of carbonyl (C=O) groups is 1. The van der Waals surface area contributed by atoms with Crippen LogP contribution in [-0.4, -0.2) is 36.8 Å². The van der Waals surface area contributed by atoms with Crippen LogP contribution in [0.2, 0.25) is 0 Å². The van der Waals surface area contributed by atoms with Crippen molar-refractivity contribution >= 4 is 11.6 Å². The SMILES string of the molecule is CCOc1c(C(=O)N[C@H]2CCCCC2O)cc(Cc2ccc(/C(N)=C/NC)cc2)c(C)c1C. The van der Waals surface area contributed by atoms with Crippen LogP contribution in [0.1, 0.15) is 70.8 Å². The summed E-state index contributed by atoms with van der Waals surface area (Å²) in [6, 6.07) is 9.88. The lowest BCUT2D eigenvalue weighted by molar-refractivity contribution is 0.0714. The molecule has 1 unspecified atom stereocenters. The number of carbonyl (C=O) groups excluding carboxylic acids is 1. The van der Waals surface area contributed by atoms with Gasteiger partial charge in [-0.05, 0) is 73.9 Å². The van der Waals surface area contributed by atoms with Crippen molar-refractivity contribution in [1.29, 1.82) is 0 Å². The molecule has 1 amide bonds. The summed E-state index contributed by atoms with van der Waals surface area (Å²) < 4.78 is 5.91. The van der Waals surface area contributed by atoms with Crippen LogP contribution >= 0.6 is 0 Å². The molecule has 0 radical (unpaired) electrons. The zero-order valence-electron chi connectivity index (χ0n) is 20.2. The Morgan fingerprint density at radius 3 is 2.52 bits per heavy atom. The number of hydrogen-bond acceptors (Lipinski definition) is 5.